The van der Waals surface area contributed by atoms with Gasteiger partial charge in [0.05, 0.1) is 30.4 Å². The summed E-state index contributed by atoms with van der Waals surface area (Å²) >= 11 is 6.43. The molecule has 4 atom stereocenters. The molecule has 1 spiro atoms. The van der Waals surface area contributed by atoms with Crippen LogP contribution in [0.3, 0.4) is 0 Å². The predicted molar refractivity (Wildman–Crippen MR) is 176 cm³/mol. The van der Waals surface area contributed by atoms with Crippen LogP contribution in [-0.4, -0.2) is 71.2 Å². The quantitative estimate of drug-likeness (QED) is 0.312. The van der Waals surface area contributed by atoms with Crippen LogP contribution in [0.5, 0.6) is 5.75 Å². The van der Waals surface area contributed by atoms with Crippen molar-refractivity contribution in [3.63, 3.8) is 0 Å². The Hall–Kier alpha value is -3.47. The molecule has 0 bridgehead atoms. The summed E-state index contributed by atoms with van der Waals surface area (Å²) in [6, 6.07) is 1.63. The van der Waals surface area contributed by atoms with Gasteiger partial charge in [-0.15, -0.1) is 0 Å². The van der Waals surface area contributed by atoms with E-state index in [0.29, 0.717) is 35.7 Å². The highest BCUT2D eigenvalue weighted by atomic mass is 35.5. The summed E-state index contributed by atoms with van der Waals surface area (Å²) in [5.41, 5.74) is 5.49. The first kappa shape index (κ1) is 37.0. The summed E-state index contributed by atoms with van der Waals surface area (Å²) in [4.78, 5) is 73.4. The number of benzene rings is 1. The summed E-state index contributed by atoms with van der Waals surface area (Å²) in [5.74, 6) is -3.36. The molecule has 3 amide bonds. The zero-order valence-corrected chi connectivity index (χ0v) is 29.3. The number of carbonyl (C=O) groups excluding carboxylic acids is 5. The lowest BCUT2D eigenvalue weighted by Gasteiger charge is -2.36. The second-order valence-corrected chi connectivity index (χ2v) is 15.4. The third-order valence-corrected chi connectivity index (χ3v) is 8.81. The number of hydrogen-bond acceptors (Lipinski definition) is 8. The minimum absolute atomic E-state index is 0.0299. The first-order valence-electron chi connectivity index (χ1n) is 15.8. The van der Waals surface area contributed by atoms with E-state index in [1.54, 1.807) is 12.1 Å². The van der Waals surface area contributed by atoms with Crippen LogP contribution in [0, 0.1) is 23.7 Å². The third-order valence-electron chi connectivity index (χ3n) is 8.51. The topological polar surface area (TPSA) is 157 Å². The molecule has 1 aromatic rings. The Balaban J connectivity index is 1.99. The van der Waals surface area contributed by atoms with Crippen molar-refractivity contribution in [1.29, 1.82) is 0 Å². The summed E-state index contributed by atoms with van der Waals surface area (Å²) < 4.78 is 5.33. The molecule has 0 aliphatic carbocycles. The molecule has 3 rings (SSSR count). The van der Waals surface area contributed by atoms with Gasteiger partial charge in [0, 0.05) is 37.2 Å². The minimum atomic E-state index is -1.10. The van der Waals surface area contributed by atoms with Gasteiger partial charge in [0.2, 0.25) is 17.6 Å². The molecule has 11 nitrogen and oxygen atoms in total. The van der Waals surface area contributed by atoms with E-state index >= 15 is 0 Å². The molecular weight excluding hydrogens is 612 g/mol. The number of nitrogens with zero attached hydrogens (tertiary/aromatic N) is 2. The lowest BCUT2D eigenvalue weighted by Crippen LogP contribution is -2.57. The number of aryl methyl sites for hydroxylation is 1. The molecule has 12 heteroatoms. The Bertz CT molecular complexity index is 1410. The van der Waals surface area contributed by atoms with Gasteiger partial charge in [-0.3, -0.25) is 24.0 Å². The van der Waals surface area contributed by atoms with Crippen molar-refractivity contribution in [2.75, 3.05) is 13.7 Å². The smallest absolute Gasteiger partial charge is 0.285 e. The Morgan fingerprint density at radius 1 is 1.17 bits per heavy atom. The highest BCUT2D eigenvalue weighted by Gasteiger charge is 2.55. The number of nitrogens with two attached hydrogens (primary N) is 1. The average Bonchev–Trinajstić information content (AvgIpc) is 3.53. The van der Waals surface area contributed by atoms with Crippen molar-refractivity contribution in [2.45, 2.75) is 112 Å². The van der Waals surface area contributed by atoms with E-state index in [-0.39, 0.29) is 42.9 Å². The van der Waals surface area contributed by atoms with Crippen LogP contribution in [0.25, 0.3) is 0 Å². The van der Waals surface area contributed by atoms with E-state index in [4.69, 9.17) is 26.9 Å². The van der Waals surface area contributed by atoms with Gasteiger partial charge in [-0.1, -0.05) is 71.6 Å². The van der Waals surface area contributed by atoms with Gasteiger partial charge in [0.25, 0.3) is 5.91 Å². The third kappa shape index (κ3) is 8.66. The maximum atomic E-state index is 14.4. The van der Waals surface area contributed by atoms with Gasteiger partial charge in [-0.25, -0.2) is 0 Å². The number of oxime groups is 1. The maximum Gasteiger partial charge on any atom is 0.285 e. The normalized spacial score (nSPS) is 21.0. The molecule has 0 aromatic heterocycles. The predicted octanol–water partition coefficient (Wildman–Crippen LogP) is 4.52. The maximum absolute atomic E-state index is 14.4. The number of ether oxygens (including phenoxy) is 1. The Morgan fingerprint density at radius 3 is 2.37 bits per heavy atom. The zero-order chi connectivity index (χ0) is 34.8. The number of ketones is 2. The van der Waals surface area contributed by atoms with E-state index in [2.05, 4.69) is 10.5 Å². The number of carbonyl (C=O) groups is 5. The molecule has 3 N–H and O–H groups in total. The number of hydrogen-bond donors (Lipinski definition) is 2. The molecule has 46 heavy (non-hydrogen) atoms. The average molecular weight is 661 g/mol. The standard InChI is InChI=1S/C34H49ClN4O7/c1-10-11-20(28(42)30(36)43)13-25(40)24-16-34(15-23(38-46-34)21-14-22(35)26(45-9)12-19(21)2)18-39(24)31(44)29(33(6,7)8)37-27(41)17-32(3,4)5/h12,14,20,24,29H,10-11,13,15-18H2,1-9H3,(H2,36,43)(H,37,41)/t20-,24+,29-,34-/m1/s1. The largest absolute Gasteiger partial charge is 0.495 e. The van der Waals surface area contributed by atoms with Gasteiger partial charge in [-0.2, -0.15) is 0 Å². The number of nitrogens with one attached hydrogen (secondary N) is 1. The fraction of sp³-hybridized carbons (Fsp3) is 0.647. The fourth-order valence-corrected chi connectivity index (χ4v) is 6.45. The van der Waals surface area contributed by atoms with Gasteiger partial charge in [0.15, 0.2) is 11.4 Å². The number of methoxy groups -OCH3 is 1. The molecule has 0 unspecified atom stereocenters. The van der Waals surface area contributed by atoms with Gasteiger partial charge in [-0.05, 0) is 41.9 Å². The SMILES string of the molecule is CCC[C@H](CC(=O)[C@@H]1C[C@]2(CC(c3cc(Cl)c(OC)cc3C)=NO2)CN1C(=O)[C@@H](NC(=O)CC(C)(C)C)C(C)(C)C)C(=O)C(N)=O. The van der Waals surface area contributed by atoms with Crippen LogP contribution in [0.15, 0.2) is 17.3 Å². The van der Waals surface area contributed by atoms with Crippen LogP contribution in [-0.2, 0) is 28.8 Å². The van der Waals surface area contributed by atoms with E-state index < -0.39 is 46.6 Å². The van der Waals surface area contributed by atoms with Crippen molar-refractivity contribution in [1.82, 2.24) is 10.2 Å². The van der Waals surface area contributed by atoms with Crippen LogP contribution in [0.4, 0.5) is 0 Å². The molecule has 1 fully saturated rings. The second kappa shape index (κ2) is 14.1. The first-order valence-corrected chi connectivity index (χ1v) is 16.2. The summed E-state index contributed by atoms with van der Waals surface area (Å²) in [5, 5.41) is 7.73. The molecule has 2 aliphatic heterocycles. The molecule has 0 saturated carbocycles. The fourth-order valence-electron chi connectivity index (χ4n) is 6.21. The van der Waals surface area contributed by atoms with E-state index in [9.17, 15) is 24.0 Å². The highest BCUT2D eigenvalue weighted by molar-refractivity contribution is 6.36. The van der Waals surface area contributed by atoms with Crippen molar-refractivity contribution in [3.05, 3.63) is 28.3 Å². The molecular formula is C34H49ClN4O7. The number of rotatable bonds is 12. The number of halogens is 1. The van der Waals surface area contributed by atoms with Crippen LogP contribution < -0.4 is 15.8 Å². The van der Waals surface area contributed by atoms with Crippen molar-refractivity contribution < 1.29 is 33.5 Å². The van der Waals surface area contributed by atoms with Crippen molar-refractivity contribution in [3.8, 4) is 5.75 Å². The van der Waals surface area contributed by atoms with Crippen molar-refractivity contribution >= 4 is 46.6 Å². The molecule has 2 aliphatic rings. The molecule has 0 radical (unpaired) electrons. The lowest BCUT2D eigenvalue weighted by molar-refractivity contribution is -0.145. The molecule has 1 aromatic carbocycles. The Morgan fingerprint density at radius 2 is 1.83 bits per heavy atom. The number of amides is 3. The van der Waals surface area contributed by atoms with Crippen LogP contribution >= 0.6 is 11.6 Å². The summed E-state index contributed by atoms with van der Waals surface area (Å²) in [7, 11) is 1.53. The Kier molecular flexibility index (Phi) is 11.3. The monoisotopic (exact) mass is 660 g/mol. The van der Waals surface area contributed by atoms with E-state index in [1.165, 1.54) is 12.0 Å². The first-order chi connectivity index (χ1) is 21.2. The van der Waals surface area contributed by atoms with Crippen molar-refractivity contribution in [2.24, 2.45) is 27.6 Å². The van der Waals surface area contributed by atoms with E-state index in [1.807, 2.05) is 55.4 Å². The van der Waals surface area contributed by atoms with Crippen LogP contribution in [0.1, 0.15) is 98.1 Å². The van der Waals surface area contributed by atoms with Crippen LogP contribution in [0.2, 0.25) is 5.02 Å². The number of likely N-dealkylation sites (tertiary alicyclic amines) is 1. The summed E-state index contributed by atoms with van der Waals surface area (Å²) in [6.45, 7) is 15.1. The second-order valence-electron chi connectivity index (χ2n) is 15.0. The summed E-state index contributed by atoms with van der Waals surface area (Å²) in [6.07, 6.45) is 1.22. The van der Waals surface area contributed by atoms with Gasteiger partial charge < -0.3 is 25.5 Å². The lowest BCUT2D eigenvalue weighted by atomic mass is 9.84. The molecule has 1 saturated heterocycles. The highest BCUT2D eigenvalue weighted by Crippen LogP contribution is 2.42. The van der Waals surface area contributed by atoms with Gasteiger partial charge in [0.1, 0.15) is 11.8 Å². The Labute approximate surface area is 276 Å². The van der Waals surface area contributed by atoms with Gasteiger partial charge >= 0.3 is 0 Å². The zero-order valence-electron chi connectivity index (χ0n) is 28.5. The van der Waals surface area contributed by atoms with E-state index in [0.717, 1.165) is 11.1 Å². The number of primary amides is 1. The minimum Gasteiger partial charge on any atom is -0.495 e. The molecule has 2 heterocycles. The number of Topliss-reactive ketones (excluding diaryl/α,β-unsaturated/α-hetero) is 2. The molecule has 254 valence electrons.